The molecule has 0 spiro atoms. The number of nitrogens with zero attached hydrogens (tertiary/aromatic N) is 5. The van der Waals surface area contributed by atoms with Crippen LogP contribution in [0.4, 0.5) is 0 Å². The van der Waals surface area contributed by atoms with Gasteiger partial charge < -0.3 is 10.2 Å². The third-order valence-electron chi connectivity index (χ3n) is 4.80. The highest BCUT2D eigenvalue weighted by Crippen LogP contribution is 2.26. The zero-order valence-electron chi connectivity index (χ0n) is 15.4. The highest BCUT2D eigenvalue weighted by atomic mass is 32.1. The molecule has 1 aliphatic heterocycles. The molecule has 8 heteroatoms. The standard InChI is InChI=1S/C19H24N6S2/c1-24-7-9-25(10-8-24)16(17-4-2-11-26-17)13-20-12-15-14-27-19(23-15)18-21-5-3-6-22-18/h2-6,11,14,16,20H,7-10,12-13H2,1H3/t16-/m1/s1. The predicted octanol–water partition coefficient (Wildman–Crippen LogP) is 2.74. The van der Waals surface area contributed by atoms with Crippen LogP contribution in [0.15, 0.2) is 41.4 Å². The van der Waals surface area contributed by atoms with Gasteiger partial charge in [-0.3, -0.25) is 4.90 Å². The van der Waals surface area contributed by atoms with Gasteiger partial charge >= 0.3 is 0 Å². The minimum atomic E-state index is 0.425. The van der Waals surface area contributed by atoms with Gasteiger partial charge in [-0.15, -0.1) is 22.7 Å². The number of aromatic nitrogens is 3. The van der Waals surface area contributed by atoms with Crippen LogP contribution in [0.1, 0.15) is 16.6 Å². The third-order valence-corrected chi connectivity index (χ3v) is 6.66. The van der Waals surface area contributed by atoms with E-state index in [9.17, 15) is 0 Å². The van der Waals surface area contributed by atoms with Gasteiger partial charge in [0.1, 0.15) is 0 Å². The van der Waals surface area contributed by atoms with Crippen LogP contribution >= 0.6 is 22.7 Å². The van der Waals surface area contributed by atoms with E-state index in [1.54, 1.807) is 23.7 Å². The minimum Gasteiger partial charge on any atom is -0.309 e. The van der Waals surface area contributed by atoms with Crippen molar-refractivity contribution in [2.45, 2.75) is 12.6 Å². The molecule has 4 heterocycles. The Morgan fingerprint density at radius 1 is 1.11 bits per heavy atom. The first-order valence-electron chi connectivity index (χ1n) is 9.18. The third kappa shape index (κ3) is 4.77. The first kappa shape index (κ1) is 18.6. The van der Waals surface area contributed by atoms with E-state index in [4.69, 9.17) is 0 Å². The van der Waals surface area contributed by atoms with Gasteiger partial charge in [-0.05, 0) is 24.6 Å². The topological polar surface area (TPSA) is 57.2 Å². The van der Waals surface area contributed by atoms with Gasteiger partial charge in [0.05, 0.1) is 11.7 Å². The number of rotatable bonds is 7. The molecule has 1 N–H and O–H groups in total. The summed E-state index contributed by atoms with van der Waals surface area (Å²) < 4.78 is 0. The van der Waals surface area contributed by atoms with E-state index in [0.717, 1.165) is 50.0 Å². The maximum absolute atomic E-state index is 4.68. The largest absolute Gasteiger partial charge is 0.309 e. The first-order valence-corrected chi connectivity index (χ1v) is 10.9. The fraction of sp³-hybridized carbons (Fsp3) is 0.421. The number of thiophene rings is 1. The maximum atomic E-state index is 4.68. The number of hydrogen-bond acceptors (Lipinski definition) is 8. The fourth-order valence-corrected chi connectivity index (χ4v) is 4.89. The van der Waals surface area contributed by atoms with Gasteiger partial charge in [0.15, 0.2) is 10.8 Å². The molecule has 0 unspecified atom stereocenters. The molecular weight excluding hydrogens is 376 g/mol. The summed E-state index contributed by atoms with van der Waals surface area (Å²) in [4.78, 5) is 19.7. The summed E-state index contributed by atoms with van der Waals surface area (Å²) in [6.07, 6.45) is 3.51. The average molecular weight is 401 g/mol. The Morgan fingerprint density at radius 3 is 2.67 bits per heavy atom. The highest BCUT2D eigenvalue weighted by molar-refractivity contribution is 7.13. The lowest BCUT2D eigenvalue weighted by atomic mass is 10.1. The van der Waals surface area contributed by atoms with Crippen LogP contribution in [-0.4, -0.2) is 64.5 Å². The zero-order chi connectivity index (χ0) is 18.5. The van der Waals surface area contributed by atoms with Gasteiger partial charge in [-0.2, -0.15) is 0 Å². The maximum Gasteiger partial charge on any atom is 0.188 e. The molecule has 1 atom stereocenters. The summed E-state index contributed by atoms with van der Waals surface area (Å²) >= 11 is 3.45. The van der Waals surface area contributed by atoms with Crippen LogP contribution < -0.4 is 5.32 Å². The zero-order valence-corrected chi connectivity index (χ0v) is 17.0. The average Bonchev–Trinajstić information content (AvgIpc) is 3.39. The molecule has 3 aromatic heterocycles. The fourth-order valence-electron chi connectivity index (χ4n) is 3.26. The molecule has 0 radical (unpaired) electrons. The Morgan fingerprint density at radius 2 is 1.93 bits per heavy atom. The molecule has 3 aromatic rings. The number of thiazole rings is 1. The van der Waals surface area contributed by atoms with Crippen LogP contribution in [0.25, 0.3) is 10.8 Å². The molecule has 0 amide bonds. The van der Waals surface area contributed by atoms with Crippen molar-refractivity contribution < 1.29 is 0 Å². The molecule has 4 rings (SSSR count). The Bertz CT molecular complexity index is 812. The van der Waals surface area contributed by atoms with Crippen molar-refractivity contribution in [2.24, 2.45) is 0 Å². The van der Waals surface area contributed by atoms with E-state index in [1.165, 1.54) is 4.88 Å². The monoisotopic (exact) mass is 400 g/mol. The van der Waals surface area contributed by atoms with Crippen molar-refractivity contribution in [3.05, 3.63) is 51.9 Å². The van der Waals surface area contributed by atoms with Crippen molar-refractivity contribution >= 4 is 22.7 Å². The quantitative estimate of drug-likeness (QED) is 0.658. The molecule has 0 aliphatic carbocycles. The SMILES string of the molecule is CN1CCN([C@H](CNCc2csc(-c3ncccn3)n2)c2cccs2)CC1. The normalized spacial score (nSPS) is 17.2. The van der Waals surface area contributed by atoms with E-state index < -0.39 is 0 Å². The molecule has 0 aromatic carbocycles. The van der Waals surface area contributed by atoms with Gasteiger partial charge in [0.2, 0.25) is 0 Å². The van der Waals surface area contributed by atoms with Gasteiger partial charge in [0, 0.05) is 61.9 Å². The number of likely N-dealkylation sites (N-methyl/N-ethyl adjacent to an activating group) is 1. The smallest absolute Gasteiger partial charge is 0.188 e. The lowest BCUT2D eigenvalue weighted by Gasteiger charge is -2.37. The molecule has 1 fully saturated rings. The Hall–Kier alpha value is -1.71. The molecule has 6 nitrogen and oxygen atoms in total. The minimum absolute atomic E-state index is 0.425. The van der Waals surface area contributed by atoms with Gasteiger partial charge in [-0.1, -0.05) is 6.07 Å². The Kier molecular flexibility index (Phi) is 6.21. The Balaban J connectivity index is 1.36. The molecule has 0 saturated carbocycles. The van der Waals surface area contributed by atoms with Crippen LogP contribution in [0, 0.1) is 0 Å². The van der Waals surface area contributed by atoms with Crippen molar-refractivity contribution in [3.8, 4) is 10.8 Å². The second-order valence-electron chi connectivity index (χ2n) is 6.72. The highest BCUT2D eigenvalue weighted by Gasteiger charge is 2.24. The summed E-state index contributed by atoms with van der Waals surface area (Å²) in [7, 11) is 2.20. The van der Waals surface area contributed by atoms with E-state index in [-0.39, 0.29) is 0 Å². The number of piperazine rings is 1. The summed E-state index contributed by atoms with van der Waals surface area (Å²) in [5.41, 5.74) is 1.05. The van der Waals surface area contributed by atoms with E-state index >= 15 is 0 Å². The van der Waals surface area contributed by atoms with Crippen LogP contribution in [0.5, 0.6) is 0 Å². The van der Waals surface area contributed by atoms with Gasteiger partial charge in [-0.25, -0.2) is 15.0 Å². The molecular formula is C19H24N6S2. The number of hydrogen-bond donors (Lipinski definition) is 1. The first-order chi connectivity index (χ1) is 13.3. The van der Waals surface area contributed by atoms with Crippen LogP contribution in [0.2, 0.25) is 0 Å². The molecule has 0 bridgehead atoms. The molecule has 1 aliphatic rings. The van der Waals surface area contributed by atoms with E-state index in [0.29, 0.717) is 11.9 Å². The molecule has 1 saturated heterocycles. The van der Waals surface area contributed by atoms with Crippen LogP contribution in [-0.2, 0) is 6.54 Å². The second-order valence-corrected chi connectivity index (χ2v) is 8.56. The lowest BCUT2D eigenvalue weighted by molar-refractivity contribution is 0.111. The van der Waals surface area contributed by atoms with E-state index in [2.05, 4.69) is 60.0 Å². The Labute approximate surface area is 167 Å². The summed E-state index contributed by atoms with van der Waals surface area (Å²) in [5, 5.41) is 8.76. The molecule has 142 valence electrons. The predicted molar refractivity (Wildman–Crippen MR) is 111 cm³/mol. The summed E-state index contributed by atoms with van der Waals surface area (Å²) in [5.74, 6) is 0.697. The van der Waals surface area contributed by atoms with Crippen molar-refractivity contribution in [2.75, 3.05) is 39.8 Å². The van der Waals surface area contributed by atoms with Crippen molar-refractivity contribution in [3.63, 3.8) is 0 Å². The summed E-state index contributed by atoms with van der Waals surface area (Å²) in [6, 6.07) is 6.65. The number of nitrogens with one attached hydrogen (secondary N) is 1. The van der Waals surface area contributed by atoms with Crippen molar-refractivity contribution in [1.29, 1.82) is 0 Å². The summed E-state index contributed by atoms with van der Waals surface area (Å²) in [6.45, 7) is 6.19. The van der Waals surface area contributed by atoms with Gasteiger partial charge in [0.25, 0.3) is 0 Å². The lowest BCUT2D eigenvalue weighted by Crippen LogP contribution is -2.47. The van der Waals surface area contributed by atoms with E-state index in [1.807, 2.05) is 17.4 Å². The van der Waals surface area contributed by atoms with Crippen LogP contribution in [0.3, 0.4) is 0 Å². The molecule has 27 heavy (non-hydrogen) atoms. The second kappa shape index (κ2) is 8.99. The van der Waals surface area contributed by atoms with Crippen molar-refractivity contribution in [1.82, 2.24) is 30.1 Å².